The van der Waals surface area contributed by atoms with Gasteiger partial charge >= 0.3 is 5.97 Å². The summed E-state index contributed by atoms with van der Waals surface area (Å²) in [5, 5.41) is 10.4. The van der Waals surface area contributed by atoms with Crippen LogP contribution in [-0.2, 0) is 14.8 Å². The molecule has 1 aliphatic rings. The molecule has 0 aromatic carbocycles. The second-order valence-corrected chi connectivity index (χ2v) is 6.10. The molecule has 1 unspecified atom stereocenters. The monoisotopic (exact) mass is 265 g/mol. The fraction of sp³-hybridized carbons (Fsp3) is 0.889. The Morgan fingerprint density at radius 1 is 1.47 bits per heavy atom. The lowest BCUT2D eigenvalue weighted by Crippen LogP contribution is -2.47. The van der Waals surface area contributed by atoms with E-state index in [0.29, 0.717) is 6.54 Å². The first-order valence-electron chi connectivity index (χ1n) is 5.58. The molecule has 0 amide bonds. The van der Waals surface area contributed by atoms with Crippen LogP contribution in [-0.4, -0.2) is 68.9 Å². The molecule has 0 aromatic heterocycles. The van der Waals surface area contributed by atoms with E-state index in [-0.39, 0.29) is 6.54 Å². The number of nitrogens with zero attached hydrogens (tertiary/aromatic N) is 1. The van der Waals surface area contributed by atoms with Gasteiger partial charge in [0.05, 0.1) is 0 Å². The lowest BCUT2D eigenvalue weighted by atomic mass is 10.3. The number of hydrogen-bond donors (Lipinski definition) is 3. The van der Waals surface area contributed by atoms with E-state index in [9.17, 15) is 13.2 Å². The van der Waals surface area contributed by atoms with E-state index in [0.717, 1.165) is 33.1 Å². The molecule has 1 heterocycles. The highest BCUT2D eigenvalue weighted by Crippen LogP contribution is 1.98. The summed E-state index contributed by atoms with van der Waals surface area (Å²) in [5.41, 5.74) is 0. The Hall–Kier alpha value is -0.700. The van der Waals surface area contributed by atoms with Crippen LogP contribution < -0.4 is 10.0 Å². The van der Waals surface area contributed by atoms with Crippen LogP contribution in [0, 0.1) is 0 Å². The van der Waals surface area contributed by atoms with Gasteiger partial charge in [0.15, 0.2) is 5.25 Å². The van der Waals surface area contributed by atoms with Crippen molar-refractivity contribution in [3.63, 3.8) is 0 Å². The molecule has 100 valence electrons. The fourth-order valence-corrected chi connectivity index (χ4v) is 2.43. The van der Waals surface area contributed by atoms with Crippen molar-refractivity contribution < 1.29 is 18.3 Å². The van der Waals surface area contributed by atoms with Gasteiger partial charge in [0.2, 0.25) is 10.0 Å². The minimum atomic E-state index is -3.75. The van der Waals surface area contributed by atoms with Crippen LogP contribution >= 0.6 is 0 Å². The maximum atomic E-state index is 11.5. The van der Waals surface area contributed by atoms with Gasteiger partial charge in [-0.25, -0.2) is 13.1 Å². The molecule has 3 N–H and O–H groups in total. The van der Waals surface area contributed by atoms with Gasteiger partial charge in [-0.3, -0.25) is 9.69 Å². The molecular formula is C9H19N3O4S. The van der Waals surface area contributed by atoms with Crippen LogP contribution in [0.15, 0.2) is 0 Å². The summed E-state index contributed by atoms with van der Waals surface area (Å²) < 4.78 is 25.3. The number of aliphatic carboxylic acids is 1. The first-order valence-corrected chi connectivity index (χ1v) is 7.12. The lowest BCUT2D eigenvalue weighted by molar-refractivity contribution is -0.136. The third-order valence-electron chi connectivity index (χ3n) is 2.75. The van der Waals surface area contributed by atoms with Crippen LogP contribution in [0.2, 0.25) is 0 Å². The van der Waals surface area contributed by atoms with Gasteiger partial charge in [-0.2, -0.15) is 0 Å². The average Bonchev–Trinajstić information content (AvgIpc) is 2.29. The highest BCUT2D eigenvalue weighted by Gasteiger charge is 2.27. The molecule has 0 aliphatic carbocycles. The number of nitrogens with one attached hydrogen (secondary N) is 2. The molecule has 0 saturated carbocycles. The van der Waals surface area contributed by atoms with Crippen molar-refractivity contribution in [3.8, 4) is 0 Å². The Labute approximate surface area is 101 Å². The maximum Gasteiger partial charge on any atom is 0.323 e. The van der Waals surface area contributed by atoms with Crippen molar-refractivity contribution in [2.24, 2.45) is 0 Å². The Morgan fingerprint density at radius 2 is 2.06 bits per heavy atom. The van der Waals surface area contributed by atoms with Gasteiger partial charge in [0.25, 0.3) is 0 Å². The third kappa shape index (κ3) is 4.58. The van der Waals surface area contributed by atoms with Gasteiger partial charge in [0.1, 0.15) is 0 Å². The topological polar surface area (TPSA) is 98.7 Å². The SMILES string of the molecule is CC(C(=O)O)S(=O)(=O)NCCN1CCNCC1. The largest absolute Gasteiger partial charge is 0.480 e. The van der Waals surface area contributed by atoms with E-state index in [4.69, 9.17) is 5.11 Å². The van der Waals surface area contributed by atoms with Gasteiger partial charge in [0, 0.05) is 39.3 Å². The van der Waals surface area contributed by atoms with Gasteiger partial charge in [-0.1, -0.05) is 0 Å². The van der Waals surface area contributed by atoms with Gasteiger partial charge < -0.3 is 10.4 Å². The number of carboxylic acid groups (broad SMARTS) is 1. The van der Waals surface area contributed by atoms with Crippen molar-refractivity contribution in [2.45, 2.75) is 12.2 Å². The molecule has 1 fully saturated rings. The van der Waals surface area contributed by atoms with Crippen molar-refractivity contribution in [1.82, 2.24) is 14.9 Å². The van der Waals surface area contributed by atoms with E-state index in [1.165, 1.54) is 0 Å². The molecule has 1 saturated heterocycles. The first-order chi connectivity index (χ1) is 7.93. The van der Waals surface area contributed by atoms with Crippen LogP contribution in [0.25, 0.3) is 0 Å². The van der Waals surface area contributed by atoms with E-state index in [1.807, 2.05) is 0 Å². The van der Waals surface area contributed by atoms with Crippen LogP contribution in [0.3, 0.4) is 0 Å². The first kappa shape index (κ1) is 14.4. The Morgan fingerprint density at radius 3 is 2.59 bits per heavy atom. The predicted octanol–water partition coefficient (Wildman–Crippen LogP) is -1.72. The number of rotatable bonds is 6. The predicted molar refractivity (Wildman–Crippen MR) is 63.3 cm³/mol. The molecule has 8 heteroatoms. The number of piperazine rings is 1. The van der Waals surface area contributed by atoms with E-state index in [2.05, 4.69) is 14.9 Å². The molecule has 1 rings (SSSR count). The Bertz CT molecular complexity index is 351. The standard InChI is InChI=1S/C9H19N3O4S/c1-8(9(13)14)17(15,16)11-4-7-12-5-2-10-3-6-12/h8,10-11H,2-7H2,1H3,(H,13,14). The number of hydrogen-bond acceptors (Lipinski definition) is 5. The Balaban J connectivity index is 2.32. The summed E-state index contributed by atoms with van der Waals surface area (Å²) in [4.78, 5) is 12.7. The highest BCUT2D eigenvalue weighted by atomic mass is 32.2. The molecule has 0 spiro atoms. The summed E-state index contributed by atoms with van der Waals surface area (Å²) in [7, 11) is -3.75. The normalized spacial score (nSPS) is 20.1. The molecule has 1 aliphatic heterocycles. The van der Waals surface area contributed by atoms with Gasteiger partial charge in [-0.05, 0) is 6.92 Å². The minimum absolute atomic E-state index is 0.250. The van der Waals surface area contributed by atoms with E-state index < -0.39 is 21.2 Å². The minimum Gasteiger partial charge on any atom is -0.480 e. The molecule has 0 radical (unpaired) electrons. The summed E-state index contributed by atoms with van der Waals surface area (Å²) in [6.07, 6.45) is 0. The third-order valence-corrected chi connectivity index (χ3v) is 4.49. The molecule has 0 bridgehead atoms. The highest BCUT2D eigenvalue weighted by molar-refractivity contribution is 7.90. The Kier molecular flexibility index (Phi) is 5.31. The molecule has 1 atom stereocenters. The van der Waals surface area contributed by atoms with Crippen molar-refractivity contribution in [1.29, 1.82) is 0 Å². The second-order valence-electron chi connectivity index (χ2n) is 4.01. The smallest absolute Gasteiger partial charge is 0.323 e. The molecule has 7 nitrogen and oxygen atoms in total. The number of carboxylic acids is 1. The van der Waals surface area contributed by atoms with Crippen molar-refractivity contribution in [3.05, 3.63) is 0 Å². The number of sulfonamides is 1. The lowest BCUT2D eigenvalue weighted by Gasteiger charge is -2.27. The van der Waals surface area contributed by atoms with Crippen LogP contribution in [0.1, 0.15) is 6.92 Å². The second kappa shape index (κ2) is 6.29. The summed E-state index contributed by atoms with van der Waals surface area (Å²) in [5.74, 6) is -1.33. The average molecular weight is 265 g/mol. The van der Waals surface area contributed by atoms with Crippen molar-refractivity contribution in [2.75, 3.05) is 39.3 Å². The quantitative estimate of drug-likeness (QED) is 0.528. The van der Waals surface area contributed by atoms with Crippen LogP contribution in [0.5, 0.6) is 0 Å². The summed E-state index contributed by atoms with van der Waals surface area (Å²) >= 11 is 0. The zero-order chi connectivity index (χ0) is 12.9. The van der Waals surface area contributed by atoms with Gasteiger partial charge in [-0.15, -0.1) is 0 Å². The van der Waals surface area contributed by atoms with E-state index >= 15 is 0 Å². The zero-order valence-corrected chi connectivity index (χ0v) is 10.7. The van der Waals surface area contributed by atoms with Crippen molar-refractivity contribution >= 4 is 16.0 Å². The number of carbonyl (C=O) groups is 1. The molecule has 17 heavy (non-hydrogen) atoms. The van der Waals surface area contributed by atoms with E-state index in [1.54, 1.807) is 0 Å². The summed E-state index contributed by atoms with van der Waals surface area (Å²) in [6, 6.07) is 0. The zero-order valence-electron chi connectivity index (χ0n) is 9.85. The fourth-order valence-electron chi connectivity index (χ4n) is 1.54. The van der Waals surface area contributed by atoms with Crippen LogP contribution in [0.4, 0.5) is 0 Å². The summed E-state index contributed by atoms with van der Waals surface area (Å²) in [6.45, 7) is 5.59. The molecular weight excluding hydrogens is 246 g/mol. The maximum absolute atomic E-state index is 11.5. The molecule has 0 aromatic rings.